The molecule has 0 saturated carbocycles. The monoisotopic (exact) mass is 317 g/mol. The molecule has 0 saturated heterocycles. The van der Waals surface area contributed by atoms with Crippen molar-refractivity contribution in [2.45, 2.75) is 32.6 Å². The number of benzene rings is 1. The molecule has 0 atom stereocenters. The molecule has 0 radical (unpaired) electrons. The van der Waals surface area contributed by atoms with E-state index in [9.17, 15) is 13.2 Å². The number of aryl methyl sites for hydroxylation is 1. The second-order valence-corrected chi connectivity index (χ2v) is 4.99. The predicted molar refractivity (Wildman–Crippen MR) is 76.3 cm³/mol. The second kappa shape index (κ2) is 6.39. The third-order valence-corrected chi connectivity index (χ3v) is 3.33. The summed E-state index contributed by atoms with van der Waals surface area (Å²) in [5, 5.41) is 3.16. The van der Waals surface area contributed by atoms with Crippen LogP contribution in [0.3, 0.4) is 0 Å². The fourth-order valence-corrected chi connectivity index (χ4v) is 2.15. The van der Waals surface area contributed by atoms with Crippen molar-refractivity contribution >= 4 is 17.3 Å². The van der Waals surface area contributed by atoms with Crippen LogP contribution in [0.25, 0.3) is 0 Å². The summed E-state index contributed by atoms with van der Waals surface area (Å²) < 4.78 is 40.0. The Morgan fingerprint density at radius 2 is 2.10 bits per heavy atom. The number of nitrogens with one attached hydrogen (secondary N) is 1. The van der Waals surface area contributed by atoms with Crippen LogP contribution in [0.5, 0.6) is 0 Å². The lowest BCUT2D eigenvalue weighted by atomic mass is 10.2. The lowest BCUT2D eigenvalue weighted by Gasteiger charge is -2.13. The number of halogens is 4. The quantitative estimate of drug-likeness (QED) is 0.875. The summed E-state index contributed by atoms with van der Waals surface area (Å²) in [6.07, 6.45) is 0.0735. The van der Waals surface area contributed by atoms with E-state index in [0.29, 0.717) is 6.54 Å². The Balaban J connectivity index is 2.14. The number of hydrogen-bond acceptors (Lipinski definition) is 2. The van der Waals surface area contributed by atoms with Gasteiger partial charge in [0, 0.05) is 18.9 Å². The number of imidazole rings is 1. The molecule has 7 heteroatoms. The van der Waals surface area contributed by atoms with Crippen LogP contribution in [0, 0.1) is 0 Å². The lowest BCUT2D eigenvalue weighted by molar-refractivity contribution is -0.137. The molecule has 0 unspecified atom stereocenters. The van der Waals surface area contributed by atoms with Gasteiger partial charge in [-0.25, -0.2) is 4.98 Å². The van der Waals surface area contributed by atoms with E-state index in [-0.39, 0.29) is 10.7 Å². The number of hydrogen-bond donors (Lipinski definition) is 1. The van der Waals surface area contributed by atoms with E-state index in [0.717, 1.165) is 30.9 Å². The molecular weight excluding hydrogens is 303 g/mol. The number of aromatic nitrogens is 2. The smallest absolute Gasteiger partial charge is 0.377 e. The Morgan fingerprint density at radius 1 is 1.33 bits per heavy atom. The molecule has 2 aromatic rings. The van der Waals surface area contributed by atoms with Gasteiger partial charge in [0.25, 0.3) is 0 Å². The first-order valence-corrected chi connectivity index (χ1v) is 6.90. The van der Waals surface area contributed by atoms with Gasteiger partial charge in [-0.2, -0.15) is 13.2 Å². The Kier molecular flexibility index (Phi) is 4.77. The molecule has 1 aromatic heterocycles. The third-order valence-electron chi connectivity index (χ3n) is 3.00. The number of anilines is 1. The van der Waals surface area contributed by atoms with E-state index < -0.39 is 11.7 Å². The van der Waals surface area contributed by atoms with Gasteiger partial charge in [0.2, 0.25) is 0 Å². The highest BCUT2D eigenvalue weighted by molar-refractivity contribution is 6.33. The van der Waals surface area contributed by atoms with Crippen LogP contribution in [0.1, 0.15) is 24.7 Å². The van der Waals surface area contributed by atoms with Crippen molar-refractivity contribution < 1.29 is 13.2 Å². The normalized spacial score (nSPS) is 11.7. The lowest BCUT2D eigenvalue weighted by Crippen LogP contribution is -2.10. The highest BCUT2D eigenvalue weighted by Crippen LogP contribution is 2.33. The van der Waals surface area contributed by atoms with Crippen LogP contribution in [0.4, 0.5) is 18.9 Å². The van der Waals surface area contributed by atoms with Crippen molar-refractivity contribution in [1.29, 1.82) is 0 Å². The maximum absolute atomic E-state index is 12.7. The molecule has 3 nitrogen and oxygen atoms in total. The van der Waals surface area contributed by atoms with Crippen molar-refractivity contribution in [2.24, 2.45) is 0 Å². The molecular formula is C14H15ClF3N3. The van der Waals surface area contributed by atoms with Crippen LogP contribution in [-0.4, -0.2) is 9.55 Å². The number of alkyl halides is 3. The second-order valence-electron chi connectivity index (χ2n) is 4.58. The fourth-order valence-electron chi connectivity index (χ4n) is 1.96. The summed E-state index contributed by atoms with van der Waals surface area (Å²) in [5.74, 6) is 0.755. The fraction of sp³-hybridized carbons (Fsp3) is 0.357. The van der Waals surface area contributed by atoms with Crippen molar-refractivity contribution in [3.63, 3.8) is 0 Å². The Hall–Kier alpha value is -1.69. The summed E-state index contributed by atoms with van der Waals surface area (Å²) in [6.45, 7) is 3.17. The minimum absolute atomic E-state index is 0.247. The van der Waals surface area contributed by atoms with Gasteiger partial charge in [-0.3, -0.25) is 0 Å². The molecule has 0 aliphatic carbocycles. The van der Waals surface area contributed by atoms with E-state index in [2.05, 4.69) is 10.3 Å². The molecule has 0 spiro atoms. The van der Waals surface area contributed by atoms with Gasteiger partial charge in [0.05, 0.1) is 22.8 Å². The Labute approximate surface area is 125 Å². The highest BCUT2D eigenvalue weighted by atomic mass is 35.5. The average molecular weight is 318 g/mol. The maximum atomic E-state index is 12.7. The van der Waals surface area contributed by atoms with Crippen molar-refractivity contribution in [3.8, 4) is 0 Å². The van der Waals surface area contributed by atoms with E-state index >= 15 is 0 Å². The van der Waals surface area contributed by atoms with E-state index in [1.54, 1.807) is 6.20 Å². The average Bonchev–Trinajstić information content (AvgIpc) is 2.84. The van der Waals surface area contributed by atoms with E-state index in [1.165, 1.54) is 6.07 Å². The molecule has 0 bridgehead atoms. The van der Waals surface area contributed by atoms with Crippen molar-refractivity contribution in [2.75, 3.05) is 5.32 Å². The van der Waals surface area contributed by atoms with Crippen LogP contribution in [0.15, 0.2) is 30.6 Å². The van der Waals surface area contributed by atoms with Gasteiger partial charge in [-0.15, -0.1) is 0 Å². The first-order valence-electron chi connectivity index (χ1n) is 6.52. The first-order chi connectivity index (χ1) is 9.91. The molecule has 0 aliphatic rings. The summed E-state index contributed by atoms with van der Waals surface area (Å²) in [5.41, 5.74) is -0.483. The highest BCUT2D eigenvalue weighted by Gasteiger charge is 2.30. The zero-order chi connectivity index (χ0) is 15.5. The zero-order valence-electron chi connectivity index (χ0n) is 11.4. The molecule has 0 amide bonds. The molecule has 2 rings (SSSR count). The van der Waals surface area contributed by atoms with E-state index in [4.69, 9.17) is 11.6 Å². The van der Waals surface area contributed by atoms with Gasteiger partial charge in [0.15, 0.2) is 0 Å². The first kappa shape index (κ1) is 15.7. The van der Waals surface area contributed by atoms with Crippen molar-refractivity contribution in [1.82, 2.24) is 9.55 Å². The minimum atomic E-state index is -4.39. The van der Waals surface area contributed by atoms with Gasteiger partial charge < -0.3 is 9.88 Å². The Bertz CT molecular complexity index is 608. The van der Waals surface area contributed by atoms with Gasteiger partial charge in [0.1, 0.15) is 5.82 Å². The van der Waals surface area contributed by atoms with Crippen LogP contribution >= 0.6 is 11.6 Å². The molecule has 1 N–H and O–H groups in total. The maximum Gasteiger partial charge on any atom is 0.416 e. The molecule has 21 heavy (non-hydrogen) atoms. The SMILES string of the molecule is CCCn1ccnc1CNc1cc(C(F)(F)F)ccc1Cl. The number of rotatable bonds is 5. The molecule has 0 aliphatic heterocycles. The van der Waals surface area contributed by atoms with Gasteiger partial charge in [-0.1, -0.05) is 18.5 Å². The largest absolute Gasteiger partial charge is 0.416 e. The molecule has 0 fully saturated rings. The summed E-state index contributed by atoms with van der Waals surface area (Å²) in [7, 11) is 0. The molecule has 1 aromatic carbocycles. The summed E-state index contributed by atoms with van der Waals surface area (Å²) >= 11 is 5.93. The predicted octanol–water partition coefficient (Wildman–Crippen LogP) is 4.58. The summed E-state index contributed by atoms with van der Waals surface area (Å²) in [4.78, 5) is 4.19. The molecule has 1 heterocycles. The summed E-state index contributed by atoms with van der Waals surface area (Å²) in [6, 6.07) is 3.21. The van der Waals surface area contributed by atoms with E-state index in [1.807, 2.05) is 17.7 Å². The molecule has 114 valence electrons. The Morgan fingerprint density at radius 3 is 2.76 bits per heavy atom. The number of nitrogens with zero attached hydrogens (tertiary/aromatic N) is 2. The zero-order valence-corrected chi connectivity index (χ0v) is 12.2. The minimum Gasteiger partial charge on any atom is -0.377 e. The van der Waals surface area contributed by atoms with Gasteiger partial charge in [-0.05, 0) is 24.6 Å². The van der Waals surface area contributed by atoms with Crippen LogP contribution in [0.2, 0.25) is 5.02 Å². The van der Waals surface area contributed by atoms with Crippen LogP contribution < -0.4 is 5.32 Å². The topological polar surface area (TPSA) is 29.9 Å². The standard InChI is InChI=1S/C14H15ClF3N3/c1-2-6-21-7-5-19-13(21)9-20-12-8-10(14(16,17)18)3-4-11(12)15/h3-5,7-8,20H,2,6,9H2,1H3. The van der Waals surface area contributed by atoms with Crippen LogP contribution in [-0.2, 0) is 19.3 Å². The third kappa shape index (κ3) is 3.91. The van der Waals surface area contributed by atoms with Crippen molar-refractivity contribution in [3.05, 3.63) is 47.0 Å². The van der Waals surface area contributed by atoms with Gasteiger partial charge >= 0.3 is 6.18 Å².